The molecule has 2 heteroatoms. The maximum Gasteiger partial charge on any atom is 0.0301 e. The van der Waals surface area contributed by atoms with E-state index in [1.807, 2.05) is 6.07 Å². The highest BCUT2D eigenvalue weighted by Crippen LogP contribution is 2.30. The highest BCUT2D eigenvalue weighted by atomic mass is 32.1. The summed E-state index contributed by atoms with van der Waals surface area (Å²) >= 11 is 4.27. The Kier molecular flexibility index (Phi) is 1.66. The van der Waals surface area contributed by atoms with Crippen LogP contribution in [-0.4, -0.2) is 0 Å². The SMILES string of the molecule is NC1CCc2ccc(S)cc21. The average molecular weight is 165 g/mol. The van der Waals surface area contributed by atoms with Crippen LogP contribution in [0.3, 0.4) is 0 Å². The number of aryl methyl sites for hydroxylation is 1. The molecule has 0 spiro atoms. The zero-order chi connectivity index (χ0) is 7.84. The summed E-state index contributed by atoms with van der Waals surface area (Å²) in [6, 6.07) is 6.48. The Bertz CT molecular complexity index is 283. The van der Waals surface area contributed by atoms with Crippen molar-refractivity contribution in [1.82, 2.24) is 0 Å². The van der Waals surface area contributed by atoms with Crippen molar-refractivity contribution in [2.24, 2.45) is 5.73 Å². The second-order valence-electron chi connectivity index (χ2n) is 3.03. The van der Waals surface area contributed by atoms with Crippen molar-refractivity contribution in [1.29, 1.82) is 0 Å². The van der Waals surface area contributed by atoms with Gasteiger partial charge in [-0.1, -0.05) is 6.07 Å². The van der Waals surface area contributed by atoms with Crippen LogP contribution in [0.2, 0.25) is 0 Å². The lowest BCUT2D eigenvalue weighted by Gasteiger charge is -2.04. The Balaban J connectivity index is 2.52. The summed E-state index contributed by atoms with van der Waals surface area (Å²) in [6.45, 7) is 0. The van der Waals surface area contributed by atoms with Gasteiger partial charge >= 0.3 is 0 Å². The predicted octanol–water partition coefficient (Wildman–Crippen LogP) is 1.92. The van der Waals surface area contributed by atoms with E-state index in [-0.39, 0.29) is 6.04 Å². The number of fused-ring (bicyclic) bond motifs is 1. The van der Waals surface area contributed by atoms with Crippen molar-refractivity contribution in [3.05, 3.63) is 29.3 Å². The zero-order valence-corrected chi connectivity index (χ0v) is 7.14. The van der Waals surface area contributed by atoms with E-state index in [1.165, 1.54) is 11.1 Å². The molecule has 0 aromatic heterocycles. The van der Waals surface area contributed by atoms with Gasteiger partial charge in [0.25, 0.3) is 0 Å². The van der Waals surface area contributed by atoms with E-state index in [2.05, 4.69) is 24.8 Å². The molecule has 0 saturated carbocycles. The van der Waals surface area contributed by atoms with E-state index in [9.17, 15) is 0 Å². The molecule has 0 aliphatic heterocycles. The molecule has 11 heavy (non-hydrogen) atoms. The van der Waals surface area contributed by atoms with Crippen molar-refractivity contribution in [2.45, 2.75) is 23.8 Å². The molecule has 0 heterocycles. The molecular weight excluding hydrogens is 154 g/mol. The van der Waals surface area contributed by atoms with Crippen LogP contribution >= 0.6 is 12.6 Å². The highest BCUT2D eigenvalue weighted by Gasteiger charge is 2.17. The minimum Gasteiger partial charge on any atom is -0.324 e. The van der Waals surface area contributed by atoms with Gasteiger partial charge in [0.15, 0.2) is 0 Å². The number of hydrogen-bond acceptors (Lipinski definition) is 2. The van der Waals surface area contributed by atoms with Crippen LogP contribution in [0.25, 0.3) is 0 Å². The van der Waals surface area contributed by atoms with Gasteiger partial charge in [0.05, 0.1) is 0 Å². The van der Waals surface area contributed by atoms with E-state index in [4.69, 9.17) is 5.73 Å². The lowest BCUT2D eigenvalue weighted by atomic mass is 10.1. The summed E-state index contributed by atoms with van der Waals surface area (Å²) in [5.74, 6) is 0. The van der Waals surface area contributed by atoms with Crippen molar-refractivity contribution >= 4 is 12.6 Å². The number of thiol groups is 1. The molecule has 0 amide bonds. The fourth-order valence-corrected chi connectivity index (χ4v) is 1.84. The van der Waals surface area contributed by atoms with Crippen LogP contribution < -0.4 is 5.73 Å². The van der Waals surface area contributed by atoms with Gasteiger partial charge < -0.3 is 5.73 Å². The van der Waals surface area contributed by atoms with Crippen LogP contribution in [0.15, 0.2) is 23.1 Å². The first kappa shape index (κ1) is 7.19. The highest BCUT2D eigenvalue weighted by molar-refractivity contribution is 7.80. The monoisotopic (exact) mass is 165 g/mol. The fourth-order valence-electron chi connectivity index (χ4n) is 1.62. The Hall–Kier alpha value is -0.470. The second kappa shape index (κ2) is 2.54. The third kappa shape index (κ3) is 1.17. The molecular formula is C9H11NS. The topological polar surface area (TPSA) is 26.0 Å². The molecule has 2 N–H and O–H groups in total. The summed E-state index contributed by atoms with van der Waals surface area (Å²) in [4.78, 5) is 1.01. The molecule has 1 aromatic carbocycles. The largest absolute Gasteiger partial charge is 0.324 e. The molecule has 1 unspecified atom stereocenters. The smallest absolute Gasteiger partial charge is 0.0301 e. The van der Waals surface area contributed by atoms with Gasteiger partial charge in [-0.25, -0.2) is 0 Å². The van der Waals surface area contributed by atoms with E-state index in [1.54, 1.807) is 0 Å². The number of benzene rings is 1. The summed E-state index contributed by atoms with van der Waals surface area (Å²) in [5, 5.41) is 0. The molecule has 1 nitrogen and oxygen atoms in total. The fraction of sp³-hybridized carbons (Fsp3) is 0.333. The average Bonchev–Trinajstić information content (AvgIpc) is 2.33. The van der Waals surface area contributed by atoms with Crippen LogP contribution in [0.5, 0.6) is 0 Å². The molecule has 58 valence electrons. The van der Waals surface area contributed by atoms with Crippen LogP contribution in [0, 0.1) is 0 Å². The molecule has 1 aliphatic carbocycles. The first-order valence-electron chi connectivity index (χ1n) is 3.85. The Morgan fingerprint density at radius 2 is 2.27 bits per heavy atom. The third-order valence-corrected chi connectivity index (χ3v) is 2.53. The quantitative estimate of drug-likeness (QED) is 0.564. The van der Waals surface area contributed by atoms with Crippen LogP contribution in [0.4, 0.5) is 0 Å². The lowest BCUT2D eigenvalue weighted by Crippen LogP contribution is -2.04. The summed E-state index contributed by atoms with van der Waals surface area (Å²) in [6.07, 6.45) is 2.22. The Morgan fingerprint density at radius 1 is 1.45 bits per heavy atom. The van der Waals surface area contributed by atoms with Gasteiger partial charge in [-0.15, -0.1) is 12.6 Å². The second-order valence-corrected chi connectivity index (χ2v) is 3.54. The van der Waals surface area contributed by atoms with Gasteiger partial charge in [-0.3, -0.25) is 0 Å². The first-order chi connectivity index (χ1) is 5.27. The Labute approximate surface area is 72.0 Å². The van der Waals surface area contributed by atoms with Crippen molar-refractivity contribution < 1.29 is 0 Å². The first-order valence-corrected chi connectivity index (χ1v) is 4.29. The number of rotatable bonds is 0. The molecule has 1 aliphatic rings. The minimum absolute atomic E-state index is 0.247. The van der Waals surface area contributed by atoms with Gasteiger partial charge in [0.1, 0.15) is 0 Å². The maximum absolute atomic E-state index is 5.88. The molecule has 0 radical (unpaired) electrons. The van der Waals surface area contributed by atoms with Crippen molar-refractivity contribution in [2.75, 3.05) is 0 Å². The Morgan fingerprint density at radius 3 is 3.09 bits per heavy atom. The number of nitrogens with two attached hydrogens (primary N) is 1. The molecule has 1 aromatic rings. The number of hydrogen-bond donors (Lipinski definition) is 2. The van der Waals surface area contributed by atoms with Crippen molar-refractivity contribution in [3.8, 4) is 0 Å². The van der Waals surface area contributed by atoms with E-state index in [0.717, 1.165) is 17.7 Å². The van der Waals surface area contributed by atoms with Gasteiger partial charge in [0, 0.05) is 10.9 Å². The van der Waals surface area contributed by atoms with Crippen LogP contribution in [0.1, 0.15) is 23.6 Å². The lowest BCUT2D eigenvalue weighted by molar-refractivity contribution is 0.712. The molecule has 0 fully saturated rings. The van der Waals surface area contributed by atoms with Crippen LogP contribution in [-0.2, 0) is 6.42 Å². The molecule has 2 rings (SSSR count). The standard InChI is InChI=1S/C9H11NS/c10-9-4-2-6-1-3-7(11)5-8(6)9/h1,3,5,9,11H,2,4,10H2. The van der Waals surface area contributed by atoms with E-state index < -0.39 is 0 Å². The molecule has 1 atom stereocenters. The minimum atomic E-state index is 0.247. The zero-order valence-electron chi connectivity index (χ0n) is 6.25. The summed E-state index contributed by atoms with van der Waals surface area (Å²) in [5.41, 5.74) is 8.57. The van der Waals surface area contributed by atoms with Gasteiger partial charge in [0.2, 0.25) is 0 Å². The summed E-state index contributed by atoms with van der Waals surface area (Å²) < 4.78 is 0. The van der Waals surface area contributed by atoms with E-state index >= 15 is 0 Å². The van der Waals surface area contributed by atoms with E-state index in [0.29, 0.717) is 0 Å². The predicted molar refractivity (Wildman–Crippen MR) is 48.9 cm³/mol. The summed E-state index contributed by atoms with van der Waals surface area (Å²) in [7, 11) is 0. The molecule has 0 saturated heterocycles. The van der Waals surface area contributed by atoms with Crippen molar-refractivity contribution in [3.63, 3.8) is 0 Å². The normalized spacial score (nSPS) is 21.8. The third-order valence-electron chi connectivity index (χ3n) is 2.25. The maximum atomic E-state index is 5.88. The van der Waals surface area contributed by atoms with Gasteiger partial charge in [-0.2, -0.15) is 0 Å². The molecule has 0 bridgehead atoms. The van der Waals surface area contributed by atoms with Gasteiger partial charge in [-0.05, 0) is 36.1 Å².